The first-order chi connectivity index (χ1) is 9.13. The molecule has 0 saturated carbocycles. The number of pyridine rings is 1. The van der Waals surface area contributed by atoms with Crippen LogP contribution < -0.4 is 5.32 Å². The maximum Gasteiger partial charge on any atom is 0.146 e. The van der Waals surface area contributed by atoms with E-state index in [-0.39, 0.29) is 16.9 Å². The molecule has 0 aliphatic heterocycles. The van der Waals surface area contributed by atoms with Crippen molar-refractivity contribution in [1.29, 1.82) is 0 Å². The first kappa shape index (κ1) is 14.0. The summed E-state index contributed by atoms with van der Waals surface area (Å²) >= 11 is 5.86. The van der Waals surface area contributed by atoms with Gasteiger partial charge in [0.1, 0.15) is 5.82 Å². The Balaban J connectivity index is 2.48. The Morgan fingerprint density at radius 1 is 1.37 bits per heavy atom. The van der Waals surface area contributed by atoms with Crippen molar-refractivity contribution in [1.82, 2.24) is 10.3 Å². The molecule has 0 bridgehead atoms. The zero-order chi connectivity index (χ0) is 13.8. The minimum Gasteiger partial charge on any atom is -0.306 e. The molecular weight excluding hydrogens is 263 g/mol. The summed E-state index contributed by atoms with van der Waals surface area (Å²) in [5.41, 5.74) is 2.52. The van der Waals surface area contributed by atoms with Crippen LogP contribution in [0.4, 0.5) is 4.39 Å². The van der Waals surface area contributed by atoms with Crippen LogP contribution in [0.15, 0.2) is 36.7 Å². The zero-order valence-electron chi connectivity index (χ0n) is 11.0. The van der Waals surface area contributed by atoms with E-state index in [1.807, 2.05) is 19.9 Å². The van der Waals surface area contributed by atoms with Crippen molar-refractivity contribution in [3.8, 4) is 0 Å². The van der Waals surface area contributed by atoms with Crippen LogP contribution in [0.5, 0.6) is 0 Å². The number of aryl methyl sites for hydroxylation is 1. The minimum atomic E-state index is -0.378. The van der Waals surface area contributed by atoms with Gasteiger partial charge in [0, 0.05) is 18.0 Å². The van der Waals surface area contributed by atoms with Crippen LogP contribution in [-0.2, 0) is 0 Å². The van der Waals surface area contributed by atoms with Gasteiger partial charge in [-0.2, -0.15) is 0 Å². The molecule has 0 amide bonds. The zero-order valence-corrected chi connectivity index (χ0v) is 11.7. The number of hydrogen-bond acceptors (Lipinski definition) is 2. The fourth-order valence-corrected chi connectivity index (χ4v) is 2.27. The Hall–Kier alpha value is -1.45. The van der Waals surface area contributed by atoms with Gasteiger partial charge in [-0.05, 0) is 30.7 Å². The summed E-state index contributed by atoms with van der Waals surface area (Å²) in [6.07, 6.45) is 3.53. The normalized spacial score (nSPS) is 12.4. The van der Waals surface area contributed by atoms with E-state index >= 15 is 0 Å². The fourth-order valence-electron chi connectivity index (χ4n) is 2.09. The molecule has 0 fully saturated rings. The van der Waals surface area contributed by atoms with E-state index in [0.29, 0.717) is 5.56 Å². The van der Waals surface area contributed by atoms with Crippen molar-refractivity contribution < 1.29 is 4.39 Å². The second-order valence-electron chi connectivity index (χ2n) is 4.43. The van der Waals surface area contributed by atoms with Crippen molar-refractivity contribution >= 4 is 11.6 Å². The predicted molar refractivity (Wildman–Crippen MR) is 75.9 cm³/mol. The van der Waals surface area contributed by atoms with Gasteiger partial charge in [0.15, 0.2) is 0 Å². The molecule has 2 aromatic rings. The van der Waals surface area contributed by atoms with E-state index in [4.69, 9.17) is 11.6 Å². The Kier molecular flexibility index (Phi) is 4.51. The Morgan fingerprint density at radius 2 is 2.16 bits per heavy atom. The SMILES string of the molecule is CCNC(c1cncc(C)c1)c1cccc(Cl)c1F. The highest BCUT2D eigenvalue weighted by atomic mass is 35.5. The number of nitrogens with zero attached hydrogens (tertiary/aromatic N) is 1. The number of hydrogen-bond donors (Lipinski definition) is 1. The smallest absolute Gasteiger partial charge is 0.146 e. The maximum atomic E-state index is 14.2. The van der Waals surface area contributed by atoms with Gasteiger partial charge in [0.25, 0.3) is 0 Å². The Morgan fingerprint density at radius 3 is 2.84 bits per heavy atom. The van der Waals surface area contributed by atoms with Crippen molar-refractivity contribution in [3.05, 3.63) is 64.2 Å². The molecule has 1 aromatic heterocycles. The number of aromatic nitrogens is 1. The van der Waals surface area contributed by atoms with Crippen LogP contribution in [0.1, 0.15) is 29.7 Å². The first-order valence-corrected chi connectivity index (χ1v) is 6.60. The molecular formula is C15H16ClFN2. The lowest BCUT2D eigenvalue weighted by Gasteiger charge is -2.20. The first-order valence-electron chi connectivity index (χ1n) is 6.22. The van der Waals surface area contributed by atoms with Gasteiger partial charge in [-0.3, -0.25) is 4.98 Å². The van der Waals surface area contributed by atoms with Crippen LogP contribution in [0.2, 0.25) is 5.02 Å². The molecule has 1 unspecified atom stereocenters. The summed E-state index contributed by atoms with van der Waals surface area (Å²) in [5, 5.41) is 3.41. The molecule has 4 heteroatoms. The van der Waals surface area contributed by atoms with E-state index in [1.165, 1.54) is 0 Å². The minimum absolute atomic E-state index is 0.140. The molecule has 1 N–H and O–H groups in total. The molecule has 0 aliphatic carbocycles. The van der Waals surface area contributed by atoms with Gasteiger partial charge in [-0.1, -0.05) is 36.7 Å². The van der Waals surface area contributed by atoms with Crippen LogP contribution >= 0.6 is 11.6 Å². The van der Waals surface area contributed by atoms with Crippen LogP contribution in [0.3, 0.4) is 0 Å². The second-order valence-corrected chi connectivity index (χ2v) is 4.84. The average Bonchev–Trinajstić information content (AvgIpc) is 2.40. The molecule has 1 aromatic carbocycles. The third-order valence-electron chi connectivity index (χ3n) is 2.93. The van der Waals surface area contributed by atoms with Gasteiger partial charge in [-0.15, -0.1) is 0 Å². The second kappa shape index (κ2) is 6.13. The molecule has 1 atom stereocenters. The molecule has 0 aliphatic rings. The largest absolute Gasteiger partial charge is 0.306 e. The van der Waals surface area contributed by atoms with Crippen LogP contribution in [-0.4, -0.2) is 11.5 Å². The molecule has 0 saturated heterocycles. The summed E-state index contributed by atoms with van der Waals surface area (Å²) in [7, 11) is 0. The summed E-state index contributed by atoms with van der Waals surface area (Å²) in [5.74, 6) is -0.378. The summed E-state index contributed by atoms with van der Waals surface area (Å²) in [6.45, 7) is 4.68. The summed E-state index contributed by atoms with van der Waals surface area (Å²) < 4.78 is 14.2. The lowest BCUT2D eigenvalue weighted by atomic mass is 9.98. The highest BCUT2D eigenvalue weighted by Crippen LogP contribution is 2.28. The van der Waals surface area contributed by atoms with E-state index in [9.17, 15) is 4.39 Å². The molecule has 2 nitrogen and oxygen atoms in total. The van der Waals surface area contributed by atoms with Crippen LogP contribution in [0.25, 0.3) is 0 Å². The van der Waals surface area contributed by atoms with Crippen molar-refractivity contribution in [2.45, 2.75) is 19.9 Å². The van der Waals surface area contributed by atoms with E-state index in [1.54, 1.807) is 30.6 Å². The summed E-state index contributed by atoms with van der Waals surface area (Å²) in [4.78, 5) is 4.17. The van der Waals surface area contributed by atoms with Gasteiger partial charge >= 0.3 is 0 Å². The van der Waals surface area contributed by atoms with Crippen molar-refractivity contribution in [2.24, 2.45) is 0 Å². The number of rotatable bonds is 4. The Bertz CT molecular complexity index is 572. The van der Waals surface area contributed by atoms with Gasteiger partial charge in [-0.25, -0.2) is 4.39 Å². The topological polar surface area (TPSA) is 24.9 Å². The monoisotopic (exact) mass is 278 g/mol. The lowest BCUT2D eigenvalue weighted by Crippen LogP contribution is -2.23. The van der Waals surface area contributed by atoms with E-state index in [2.05, 4.69) is 10.3 Å². The summed E-state index contributed by atoms with van der Waals surface area (Å²) in [6, 6.07) is 6.82. The van der Waals surface area contributed by atoms with Gasteiger partial charge in [0.2, 0.25) is 0 Å². The highest BCUT2D eigenvalue weighted by Gasteiger charge is 2.18. The number of nitrogens with one attached hydrogen (secondary N) is 1. The molecule has 19 heavy (non-hydrogen) atoms. The van der Waals surface area contributed by atoms with Gasteiger partial charge in [0.05, 0.1) is 11.1 Å². The molecule has 0 spiro atoms. The number of benzene rings is 1. The van der Waals surface area contributed by atoms with Crippen molar-refractivity contribution in [3.63, 3.8) is 0 Å². The molecule has 100 valence electrons. The van der Waals surface area contributed by atoms with E-state index in [0.717, 1.165) is 17.7 Å². The molecule has 0 radical (unpaired) electrons. The number of halogens is 2. The van der Waals surface area contributed by atoms with Crippen LogP contribution in [0, 0.1) is 12.7 Å². The Labute approximate surface area is 117 Å². The fraction of sp³-hybridized carbons (Fsp3) is 0.267. The molecule has 2 rings (SSSR count). The lowest BCUT2D eigenvalue weighted by molar-refractivity contribution is 0.558. The third kappa shape index (κ3) is 3.11. The average molecular weight is 279 g/mol. The third-order valence-corrected chi connectivity index (χ3v) is 3.22. The highest BCUT2D eigenvalue weighted by molar-refractivity contribution is 6.30. The molecule has 1 heterocycles. The van der Waals surface area contributed by atoms with Crippen molar-refractivity contribution in [2.75, 3.05) is 6.54 Å². The predicted octanol–water partition coefficient (Wildman–Crippen LogP) is 3.88. The standard InChI is InChI=1S/C15H16ClFN2/c1-3-19-15(11-7-10(2)8-18-9-11)12-5-4-6-13(16)14(12)17/h4-9,15,19H,3H2,1-2H3. The van der Waals surface area contributed by atoms with E-state index < -0.39 is 0 Å². The quantitative estimate of drug-likeness (QED) is 0.918. The van der Waals surface area contributed by atoms with Gasteiger partial charge < -0.3 is 5.32 Å². The maximum absolute atomic E-state index is 14.2.